The minimum Gasteiger partial charge on any atom is -0.495 e. The third kappa shape index (κ3) is 6.03. The van der Waals surface area contributed by atoms with E-state index in [0.29, 0.717) is 11.3 Å². The molecule has 0 atom stereocenters. The summed E-state index contributed by atoms with van der Waals surface area (Å²) in [5, 5.41) is 2.50. The molecule has 0 fully saturated rings. The second kappa shape index (κ2) is 9.52. The third-order valence-electron chi connectivity index (χ3n) is 3.70. The molecule has 0 aliphatic rings. The minimum atomic E-state index is -3.94. The number of rotatable bonds is 9. The van der Waals surface area contributed by atoms with Crippen molar-refractivity contribution in [2.75, 3.05) is 19.5 Å². The van der Waals surface area contributed by atoms with Gasteiger partial charge in [0.15, 0.2) is 11.5 Å². The Bertz CT molecular complexity index is 982. The fraction of sp³-hybridized carbons (Fsp3) is 0.278. The molecule has 2 aromatic carbocycles. The predicted octanol–water partition coefficient (Wildman–Crippen LogP) is 2.74. The highest BCUT2D eigenvalue weighted by atomic mass is 32.2. The van der Waals surface area contributed by atoms with Gasteiger partial charge in [-0.15, -0.1) is 0 Å². The number of amides is 1. The summed E-state index contributed by atoms with van der Waals surface area (Å²) in [6.07, 6.45) is 0. The van der Waals surface area contributed by atoms with Gasteiger partial charge in [0.1, 0.15) is 5.75 Å². The zero-order valence-corrected chi connectivity index (χ0v) is 16.7. The van der Waals surface area contributed by atoms with Crippen molar-refractivity contribution in [2.45, 2.75) is 25.0 Å². The van der Waals surface area contributed by atoms with Crippen molar-refractivity contribution in [2.24, 2.45) is 0 Å². The van der Waals surface area contributed by atoms with Gasteiger partial charge in [-0.3, -0.25) is 4.79 Å². The number of alkyl halides is 2. The normalized spacial score (nSPS) is 11.2. The molecule has 0 aliphatic carbocycles. The van der Waals surface area contributed by atoms with Crippen molar-refractivity contribution in [3.63, 3.8) is 0 Å². The highest BCUT2D eigenvalue weighted by Gasteiger charge is 2.18. The first kappa shape index (κ1) is 22.4. The number of hydrogen-bond acceptors (Lipinski definition) is 6. The molecule has 2 N–H and O–H groups in total. The van der Waals surface area contributed by atoms with Crippen LogP contribution in [0.15, 0.2) is 41.3 Å². The molecule has 0 saturated heterocycles. The molecule has 0 saturated carbocycles. The molecular weight excluding hydrogens is 410 g/mol. The van der Waals surface area contributed by atoms with Crippen LogP contribution in [-0.2, 0) is 21.4 Å². The van der Waals surface area contributed by atoms with Crippen LogP contribution in [0.1, 0.15) is 12.5 Å². The van der Waals surface area contributed by atoms with E-state index in [-0.39, 0.29) is 34.5 Å². The fourth-order valence-electron chi connectivity index (χ4n) is 2.42. The van der Waals surface area contributed by atoms with E-state index in [1.54, 1.807) is 0 Å². The lowest BCUT2D eigenvalue weighted by atomic mass is 10.2. The summed E-state index contributed by atoms with van der Waals surface area (Å²) in [5.41, 5.74) is 0.667. The van der Waals surface area contributed by atoms with Crippen LogP contribution < -0.4 is 24.2 Å². The molecule has 1 amide bonds. The summed E-state index contributed by atoms with van der Waals surface area (Å²) >= 11 is 0. The molecule has 8 nitrogen and oxygen atoms in total. The van der Waals surface area contributed by atoms with Gasteiger partial charge in [0.2, 0.25) is 15.9 Å². The molecule has 0 aromatic heterocycles. The average Bonchev–Trinajstić information content (AvgIpc) is 2.66. The van der Waals surface area contributed by atoms with E-state index in [0.717, 1.165) is 0 Å². The van der Waals surface area contributed by atoms with Gasteiger partial charge in [0.25, 0.3) is 0 Å². The Morgan fingerprint density at radius 1 is 1.03 bits per heavy atom. The molecule has 11 heteroatoms. The topological polar surface area (TPSA) is 103 Å². The number of ether oxygens (including phenoxy) is 3. The summed E-state index contributed by atoms with van der Waals surface area (Å²) < 4.78 is 66.8. The zero-order chi connectivity index (χ0) is 21.6. The van der Waals surface area contributed by atoms with Gasteiger partial charge in [-0.2, -0.15) is 8.78 Å². The fourth-order valence-corrected chi connectivity index (χ4v) is 3.46. The summed E-state index contributed by atoms with van der Waals surface area (Å²) in [4.78, 5) is 11.2. The highest BCUT2D eigenvalue weighted by molar-refractivity contribution is 7.89. The molecule has 0 bridgehead atoms. The number of sulfonamides is 1. The lowest BCUT2D eigenvalue weighted by Gasteiger charge is -2.13. The molecule has 29 heavy (non-hydrogen) atoms. The van der Waals surface area contributed by atoms with Crippen LogP contribution in [0, 0.1) is 0 Å². The zero-order valence-electron chi connectivity index (χ0n) is 15.9. The van der Waals surface area contributed by atoms with Gasteiger partial charge in [0, 0.05) is 13.5 Å². The Morgan fingerprint density at radius 2 is 1.69 bits per heavy atom. The SMILES string of the molecule is COc1ccc(S(=O)(=O)NCc2ccc(OC(F)F)c(OC)c2)cc1NC(C)=O. The number of halogens is 2. The number of benzene rings is 2. The van der Waals surface area contributed by atoms with Crippen molar-refractivity contribution >= 4 is 21.6 Å². The largest absolute Gasteiger partial charge is 0.495 e. The van der Waals surface area contributed by atoms with Crippen LogP contribution in [-0.4, -0.2) is 35.2 Å². The first-order chi connectivity index (χ1) is 13.7. The van der Waals surface area contributed by atoms with E-state index in [9.17, 15) is 22.0 Å². The lowest BCUT2D eigenvalue weighted by Crippen LogP contribution is -2.23. The van der Waals surface area contributed by atoms with Gasteiger partial charge in [-0.25, -0.2) is 13.1 Å². The number of carbonyl (C=O) groups is 1. The first-order valence-corrected chi connectivity index (χ1v) is 9.71. The quantitative estimate of drug-likeness (QED) is 0.634. The van der Waals surface area contributed by atoms with Crippen LogP contribution in [0.2, 0.25) is 0 Å². The molecule has 0 heterocycles. The van der Waals surface area contributed by atoms with Gasteiger partial charge in [-0.1, -0.05) is 6.07 Å². The number of carbonyl (C=O) groups excluding carboxylic acids is 1. The number of anilines is 1. The monoisotopic (exact) mass is 430 g/mol. The van der Waals surface area contributed by atoms with E-state index in [1.165, 1.54) is 57.5 Å². The minimum absolute atomic E-state index is 0.0411. The molecule has 2 aromatic rings. The van der Waals surface area contributed by atoms with E-state index < -0.39 is 16.6 Å². The van der Waals surface area contributed by atoms with Crippen LogP contribution in [0.4, 0.5) is 14.5 Å². The third-order valence-corrected chi connectivity index (χ3v) is 5.10. The van der Waals surface area contributed by atoms with Crippen molar-refractivity contribution in [1.29, 1.82) is 0 Å². The second-order valence-corrected chi connectivity index (χ2v) is 7.50. The van der Waals surface area contributed by atoms with Gasteiger partial charge >= 0.3 is 6.61 Å². The summed E-state index contributed by atoms with van der Waals surface area (Å²) in [7, 11) is -1.27. The Balaban J connectivity index is 2.20. The van der Waals surface area contributed by atoms with Gasteiger partial charge in [0.05, 0.1) is 24.8 Å². The van der Waals surface area contributed by atoms with Crippen LogP contribution in [0.3, 0.4) is 0 Å². The Morgan fingerprint density at radius 3 is 2.28 bits per heavy atom. The van der Waals surface area contributed by atoms with E-state index >= 15 is 0 Å². The summed E-state index contributed by atoms with van der Waals surface area (Å²) in [6, 6.07) is 8.09. The molecule has 2 rings (SSSR count). The maximum atomic E-state index is 12.6. The number of hydrogen-bond donors (Lipinski definition) is 2. The van der Waals surface area contributed by atoms with Crippen molar-refractivity contribution in [1.82, 2.24) is 4.72 Å². The number of nitrogens with one attached hydrogen (secondary N) is 2. The van der Waals surface area contributed by atoms with Crippen LogP contribution >= 0.6 is 0 Å². The molecule has 0 aliphatic heterocycles. The second-order valence-electron chi connectivity index (χ2n) is 5.73. The van der Waals surface area contributed by atoms with Gasteiger partial charge in [-0.05, 0) is 35.9 Å². The van der Waals surface area contributed by atoms with E-state index in [1.807, 2.05) is 0 Å². The molecule has 0 unspecified atom stereocenters. The van der Waals surface area contributed by atoms with E-state index in [4.69, 9.17) is 9.47 Å². The maximum absolute atomic E-state index is 12.6. The van der Waals surface area contributed by atoms with Crippen molar-refractivity contribution in [3.05, 3.63) is 42.0 Å². The maximum Gasteiger partial charge on any atom is 0.387 e. The molecule has 0 radical (unpaired) electrons. The Kier molecular flexibility index (Phi) is 7.35. The van der Waals surface area contributed by atoms with Crippen molar-refractivity contribution < 1.29 is 36.2 Å². The highest BCUT2D eigenvalue weighted by Crippen LogP contribution is 2.30. The Labute approximate surface area is 166 Å². The van der Waals surface area contributed by atoms with Crippen molar-refractivity contribution in [3.8, 4) is 17.2 Å². The molecular formula is C18H20F2N2O6S. The van der Waals surface area contributed by atoms with Crippen LogP contribution in [0.5, 0.6) is 17.2 Å². The number of methoxy groups -OCH3 is 2. The molecule has 0 spiro atoms. The van der Waals surface area contributed by atoms with Crippen LogP contribution in [0.25, 0.3) is 0 Å². The summed E-state index contributed by atoms with van der Waals surface area (Å²) in [6.45, 7) is -1.86. The molecule has 158 valence electrons. The summed E-state index contributed by atoms with van der Waals surface area (Å²) in [5.74, 6) is -0.203. The lowest BCUT2D eigenvalue weighted by molar-refractivity contribution is -0.114. The average molecular weight is 430 g/mol. The van der Waals surface area contributed by atoms with Gasteiger partial charge < -0.3 is 19.5 Å². The first-order valence-electron chi connectivity index (χ1n) is 8.23. The predicted molar refractivity (Wildman–Crippen MR) is 101 cm³/mol. The van der Waals surface area contributed by atoms with E-state index in [2.05, 4.69) is 14.8 Å². The smallest absolute Gasteiger partial charge is 0.387 e. The standard InChI is InChI=1S/C18H20F2N2O6S/c1-11(23)22-14-9-13(5-7-15(14)26-2)29(24,25)21-10-12-4-6-16(28-18(19)20)17(8-12)27-3/h4-9,18,21H,10H2,1-3H3,(H,22,23). The Hall–Kier alpha value is -2.92.